The molecule has 0 bridgehead atoms. The first-order valence-corrected chi connectivity index (χ1v) is 11.3. The summed E-state index contributed by atoms with van der Waals surface area (Å²) in [6.07, 6.45) is -1.19. The highest BCUT2D eigenvalue weighted by Gasteiger charge is 2.23. The number of halogens is 2. The number of hydrogen-bond donors (Lipinski definition) is 1. The first-order valence-electron chi connectivity index (χ1n) is 11.3. The molecule has 4 rings (SSSR count). The summed E-state index contributed by atoms with van der Waals surface area (Å²) in [7, 11) is 1.84. The lowest BCUT2D eigenvalue weighted by Gasteiger charge is -2.20. The molecule has 1 aromatic carbocycles. The Bertz CT molecular complexity index is 1460. The van der Waals surface area contributed by atoms with Gasteiger partial charge >= 0.3 is 0 Å². The number of nitrogen functional groups attached to an aromatic ring is 1. The van der Waals surface area contributed by atoms with Crippen molar-refractivity contribution in [2.45, 2.75) is 20.3 Å². The van der Waals surface area contributed by atoms with Gasteiger partial charge in [0.25, 0.3) is 6.43 Å². The maximum Gasteiger partial charge on any atom is 0.280 e. The molecule has 2 N–H and O–H groups in total. The second-order valence-corrected chi connectivity index (χ2v) is 8.28. The molecule has 0 amide bonds. The van der Waals surface area contributed by atoms with E-state index in [0.29, 0.717) is 51.6 Å². The fourth-order valence-electron chi connectivity index (χ4n) is 3.87. The van der Waals surface area contributed by atoms with E-state index in [0.717, 1.165) is 0 Å². The van der Waals surface area contributed by atoms with Gasteiger partial charge in [-0.05, 0) is 55.3 Å². The van der Waals surface area contributed by atoms with Crippen molar-refractivity contribution in [2.75, 3.05) is 30.8 Å². The lowest BCUT2D eigenvalue weighted by molar-refractivity contribution is 0.146. The topological polar surface area (TPSA) is 127 Å². The number of benzene rings is 1. The van der Waals surface area contributed by atoms with Crippen molar-refractivity contribution in [2.24, 2.45) is 0 Å². The molecule has 37 heavy (non-hydrogen) atoms. The fourth-order valence-corrected chi connectivity index (χ4v) is 3.87. The van der Waals surface area contributed by atoms with E-state index in [9.17, 15) is 14.0 Å². The second-order valence-electron chi connectivity index (χ2n) is 8.28. The quantitative estimate of drug-likeness (QED) is 0.370. The summed E-state index contributed by atoms with van der Waals surface area (Å²) in [4.78, 5) is 14.6. The van der Waals surface area contributed by atoms with Gasteiger partial charge in [0.15, 0.2) is 5.82 Å². The summed E-state index contributed by atoms with van der Waals surface area (Å²) in [5.74, 6) is 0.727. The van der Waals surface area contributed by atoms with E-state index in [1.165, 1.54) is 6.07 Å². The molecular weight excluding hydrogens is 478 g/mol. The van der Waals surface area contributed by atoms with Gasteiger partial charge in [0.05, 0.1) is 29.4 Å². The van der Waals surface area contributed by atoms with Crippen molar-refractivity contribution in [3.63, 3.8) is 0 Å². The number of pyridine rings is 1. The van der Waals surface area contributed by atoms with Crippen LogP contribution >= 0.6 is 0 Å². The smallest absolute Gasteiger partial charge is 0.280 e. The third-order valence-corrected chi connectivity index (χ3v) is 5.70. The number of alkyl halides is 2. The average Bonchev–Trinajstić information content (AvgIpc) is 2.88. The Labute approximate surface area is 212 Å². The Kier molecular flexibility index (Phi) is 7.48. The number of likely N-dealkylation sites (N-methyl/N-ethyl adjacent to an activating group) is 1. The summed E-state index contributed by atoms with van der Waals surface area (Å²) in [6, 6.07) is 13.9. The first kappa shape index (κ1) is 25.4. The highest BCUT2D eigenvalue weighted by Crippen LogP contribution is 2.40. The van der Waals surface area contributed by atoms with Crippen LogP contribution in [0, 0.1) is 25.2 Å². The van der Waals surface area contributed by atoms with Crippen molar-refractivity contribution < 1.29 is 13.5 Å². The number of nitriles is 1. The predicted octanol–water partition coefficient (Wildman–Crippen LogP) is 4.52. The van der Waals surface area contributed by atoms with Gasteiger partial charge in [0.1, 0.15) is 12.3 Å². The van der Waals surface area contributed by atoms with Crippen LogP contribution in [0.25, 0.3) is 22.4 Å². The molecule has 9 nitrogen and oxygen atoms in total. The van der Waals surface area contributed by atoms with Crippen LogP contribution in [0.2, 0.25) is 0 Å². The van der Waals surface area contributed by atoms with Crippen LogP contribution in [0.1, 0.15) is 28.9 Å². The summed E-state index contributed by atoms with van der Waals surface area (Å²) in [5.41, 5.74) is 8.95. The van der Waals surface area contributed by atoms with Gasteiger partial charge < -0.3 is 15.4 Å². The molecule has 0 saturated carbocycles. The van der Waals surface area contributed by atoms with Crippen molar-refractivity contribution >= 4 is 11.8 Å². The number of nitrogens with two attached hydrogens (primary N) is 1. The van der Waals surface area contributed by atoms with Crippen LogP contribution < -0.4 is 15.4 Å². The van der Waals surface area contributed by atoms with Crippen molar-refractivity contribution in [3.8, 4) is 34.3 Å². The minimum absolute atomic E-state index is 0.0577. The van der Waals surface area contributed by atoms with E-state index in [1.54, 1.807) is 50.4 Å². The van der Waals surface area contributed by atoms with Crippen LogP contribution in [0.4, 0.5) is 20.5 Å². The molecule has 188 valence electrons. The molecule has 0 unspecified atom stereocenters. The third-order valence-electron chi connectivity index (χ3n) is 5.70. The lowest BCUT2D eigenvalue weighted by Crippen LogP contribution is -2.25. The molecular formula is C26H24F2N8O. The highest BCUT2D eigenvalue weighted by atomic mass is 19.3. The minimum atomic E-state index is -2.77. The van der Waals surface area contributed by atoms with Crippen LogP contribution in [-0.4, -0.2) is 45.3 Å². The van der Waals surface area contributed by atoms with E-state index in [4.69, 9.17) is 10.5 Å². The predicted molar refractivity (Wildman–Crippen MR) is 135 cm³/mol. The number of anilines is 2. The number of aryl methyl sites for hydroxylation is 1. The van der Waals surface area contributed by atoms with E-state index in [1.807, 2.05) is 18.0 Å². The Hall–Kier alpha value is -4.72. The average molecular weight is 503 g/mol. The van der Waals surface area contributed by atoms with Crippen LogP contribution in [0.15, 0.2) is 48.7 Å². The van der Waals surface area contributed by atoms with Crippen molar-refractivity contribution in [1.29, 1.82) is 5.26 Å². The molecule has 11 heteroatoms. The molecule has 3 aromatic heterocycles. The number of nitrogens with zero attached hydrogens (tertiary/aromatic N) is 7. The molecule has 3 heterocycles. The highest BCUT2D eigenvalue weighted by molar-refractivity contribution is 5.86. The monoisotopic (exact) mass is 502 g/mol. The summed E-state index contributed by atoms with van der Waals surface area (Å²) in [6.45, 7) is 4.02. The van der Waals surface area contributed by atoms with Crippen molar-refractivity contribution in [3.05, 3.63) is 71.2 Å². The third kappa shape index (κ3) is 5.59. The van der Waals surface area contributed by atoms with Gasteiger partial charge in [-0.2, -0.15) is 15.3 Å². The largest absolute Gasteiger partial charge is 0.475 e. The normalized spacial score (nSPS) is 10.8. The van der Waals surface area contributed by atoms with E-state index in [-0.39, 0.29) is 24.1 Å². The second kappa shape index (κ2) is 10.9. The number of rotatable bonds is 8. The first-order chi connectivity index (χ1) is 17.8. The Morgan fingerprint density at radius 3 is 2.62 bits per heavy atom. The number of ether oxygens (including phenoxy) is 1. The molecule has 0 aliphatic rings. The van der Waals surface area contributed by atoms with Gasteiger partial charge in [-0.1, -0.05) is 12.1 Å². The summed E-state index contributed by atoms with van der Waals surface area (Å²) >= 11 is 0. The van der Waals surface area contributed by atoms with Crippen LogP contribution in [0.3, 0.4) is 0 Å². The number of aromatic nitrogens is 5. The molecule has 0 spiro atoms. The van der Waals surface area contributed by atoms with E-state index in [2.05, 4.69) is 31.2 Å². The Balaban J connectivity index is 1.83. The Morgan fingerprint density at radius 1 is 1.11 bits per heavy atom. The molecule has 0 fully saturated rings. The van der Waals surface area contributed by atoms with Crippen LogP contribution in [-0.2, 0) is 0 Å². The van der Waals surface area contributed by atoms with Crippen molar-refractivity contribution in [1.82, 2.24) is 25.1 Å². The van der Waals surface area contributed by atoms with Crippen LogP contribution in [0.5, 0.6) is 5.88 Å². The Morgan fingerprint density at radius 2 is 1.92 bits per heavy atom. The minimum Gasteiger partial charge on any atom is -0.475 e. The zero-order chi connectivity index (χ0) is 26.5. The van der Waals surface area contributed by atoms with Gasteiger partial charge in [0, 0.05) is 24.5 Å². The molecule has 0 radical (unpaired) electrons. The van der Waals surface area contributed by atoms with Gasteiger partial charge in [0.2, 0.25) is 11.8 Å². The molecule has 0 aliphatic carbocycles. The standard InChI is InChI=1S/C26H24F2N8O/c1-15-12-18(13-20(32-15)24(27)28)22-23(19-7-4-6-17(14-29)16(19)2)33-26(30)34-25(22)37-11-10-36(3)21-8-5-9-31-35-21/h4-9,12-13,24H,10-11H2,1-3H3,(H2,30,33,34). The van der Waals surface area contributed by atoms with Gasteiger partial charge in [-0.3, -0.25) is 4.98 Å². The van der Waals surface area contributed by atoms with Gasteiger partial charge in [-0.25, -0.2) is 13.8 Å². The zero-order valence-electron chi connectivity index (χ0n) is 20.5. The zero-order valence-corrected chi connectivity index (χ0v) is 20.5. The molecule has 0 saturated heterocycles. The molecule has 0 atom stereocenters. The van der Waals surface area contributed by atoms with E-state index >= 15 is 0 Å². The fraction of sp³-hybridized carbons (Fsp3) is 0.231. The summed E-state index contributed by atoms with van der Waals surface area (Å²) in [5, 5.41) is 17.5. The summed E-state index contributed by atoms with van der Waals surface area (Å²) < 4.78 is 33.4. The number of hydrogen-bond acceptors (Lipinski definition) is 9. The maximum absolute atomic E-state index is 13.6. The lowest BCUT2D eigenvalue weighted by atomic mass is 9.94. The molecule has 0 aliphatic heterocycles. The SMILES string of the molecule is Cc1cc(-c2c(OCCN(C)c3cccnn3)nc(N)nc2-c2cccc(C#N)c2C)cc(C(F)F)n1. The van der Waals surface area contributed by atoms with Gasteiger partial charge in [-0.15, -0.1) is 5.10 Å². The maximum atomic E-state index is 13.6. The van der Waals surface area contributed by atoms with E-state index < -0.39 is 6.43 Å². The molecule has 4 aromatic rings.